The van der Waals surface area contributed by atoms with Gasteiger partial charge >= 0.3 is 24.3 Å². The molecule has 0 saturated carbocycles. The lowest BCUT2D eigenvalue weighted by atomic mass is 10.0. The number of nitrogens with one attached hydrogen (secondary N) is 4. The number of esters is 1. The molecule has 5 amide bonds. The number of rotatable bonds is 18. The molecule has 16 heteroatoms. The first-order chi connectivity index (χ1) is 20.7. The van der Waals surface area contributed by atoms with Crippen molar-refractivity contribution in [1.29, 1.82) is 0 Å². The van der Waals surface area contributed by atoms with Gasteiger partial charge in [-0.3, -0.25) is 14.4 Å². The second-order valence-corrected chi connectivity index (χ2v) is 10.5. The predicted molar refractivity (Wildman–Crippen MR) is 159 cm³/mol. The van der Waals surface area contributed by atoms with Gasteiger partial charge < -0.3 is 47.7 Å². The van der Waals surface area contributed by atoms with Gasteiger partial charge in [0.1, 0.15) is 18.7 Å². The number of Topliss-reactive ketones (excluding diaryl/α,β-unsaturated/α-hetero) is 1. The van der Waals surface area contributed by atoms with Gasteiger partial charge in [-0.25, -0.2) is 14.4 Å². The molecule has 0 aliphatic carbocycles. The Labute approximate surface area is 255 Å². The molecule has 0 aromatic heterocycles. The molecule has 0 fully saturated rings. The number of hydrogen-bond donors (Lipinski definition) is 6. The van der Waals surface area contributed by atoms with Crippen molar-refractivity contribution in [3.63, 3.8) is 0 Å². The number of alkyl carbamates (subject to hydrolysis) is 1. The van der Waals surface area contributed by atoms with Gasteiger partial charge in [0.15, 0.2) is 0 Å². The van der Waals surface area contributed by atoms with E-state index in [0.29, 0.717) is 23.9 Å². The predicted octanol–water partition coefficient (Wildman–Crippen LogP) is 0.738. The van der Waals surface area contributed by atoms with Gasteiger partial charge in [-0.2, -0.15) is 4.79 Å². The SMILES string of the molecule is CC(C)OC(=O)[C@H](CCC(=O)C=[N+]=[N-])NC(=O)OCc1ccc(NC(=O)[C@H](CCCNC(N)=O)NC(=O)[C@@H](N)C(C)C)cc1. The second-order valence-electron chi connectivity index (χ2n) is 10.5. The molecule has 242 valence electrons. The number of primary amides is 1. The summed E-state index contributed by atoms with van der Waals surface area (Å²) in [6.45, 7) is 6.85. The maximum absolute atomic E-state index is 13.0. The molecule has 0 aliphatic rings. The normalized spacial score (nSPS) is 12.6. The van der Waals surface area contributed by atoms with E-state index in [2.05, 4.69) is 26.1 Å². The van der Waals surface area contributed by atoms with Gasteiger partial charge in [0, 0.05) is 18.7 Å². The topological polar surface area (TPSA) is 257 Å². The molecular weight excluding hydrogens is 576 g/mol. The number of amides is 5. The Kier molecular flexibility index (Phi) is 16.4. The fourth-order valence-corrected chi connectivity index (χ4v) is 3.58. The number of anilines is 1. The summed E-state index contributed by atoms with van der Waals surface area (Å²) >= 11 is 0. The first kappa shape index (κ1) is 37.2. The van der Waals surface area contributed by atoms with E-state index in [1.807, 2.05) is 0 Å². The molecule has 0 saturated heterocycles. The zero-order valence-electron chi connectivity index (χ0n) is 25.3. The van der Waals surface area contributed by atoms with Gasteiger partial charge in [0.2, 0.25) is 17.6 Å². The zero-order chi connectivity index (χ0) is 33.2. The summed E-state index contributed by atoms with van der Waals surface area (Å²) in [6.07, 6.45) is -0.419. The van der Waals surface area contributed by atoms with E-state index in [1.165, 1.54) is 0 Å². The number of carbonyl (C=O) groups is 6. The Bertz CT molecular complexity index is 1200. The van der Waals surface area contributed by atoms with E-state index in [9.17, 15) is 28.8 Å². The summed E-state index contributed by atoms with van der Waals surface area (Å²) in [6, 6.07) is 2.71. The zero-order valence-corrected chi connectivity index (χ0v) is 25.3. The second kappa shape index (κ2) is 19.4. The van der Waals surface area contributed by atoms with Crippen LogP contribution in [0.4, 0.5) is 15.3 Å². The highest BCUT2D eigenvalue weighted by atomic mass is 16.6. The van der Waals surface area contributed by atoms with Crippen molar-refractivity contribution in [1.82, 2.24) is 16.0 Å². The Morgan fingerprint density at radius 2 is 1.61 bits per heavy atom. The van der Waals surface area contributed by atoms with E-state index in [-0.39, 0.29) is 38.3 Å². The Balaban J connectivity index is 2.79. The fourth-order valence-electron chi connectivity index (χ4n) is 3.58. The Hall–Kier alpha value is -4.82. The third kappa shape index (κ3) is 14.9. The third-order valence-corrected chi connectivity index (χ3v) is 6.02. The smallest absolute Gasteiger partial charge is 0.408 e. The Morgan fingerprint density at radius 1 is 0.955 bits per heavy atom. The van der Waals surface area contributed by atoms with Gasteiger partial charge in [-0.15, -0.1) is 0 Å². The molecule has 44 heavy (non-hydrogen) atoms. The first-order valence-corrected chi connectivity index (χ1v) is 14.1. The molecule has 0 heterocycles. The quantitative estimate of drug-likeness (QED) is 0.0445. The van der Waals surface area contributed by atoms with Crippen molar-refractivity contribution in [2.45, 2.75) is 84.2 Å². The minimum absolute atomic E-state index is 0.105. The number of nitrogens with zero attached hydrogens (tertiary/aromatic N) is 2. The van der Waals surface area contributed by atoms with Crippen LogP contribution in [0, 0.1) is 5.92 Å². The van der Waals surface area contributed by atoms with E-state index in [4.69, 9.17) is 26.5 Å². The molecule has 0 unspecified atom stereocenters. The van der Waals surface area contributed by atoms with Gasteiger partial charge in [-0.05, 0) is 56.7 Å². The average Bonchev–Trinajstić information content (AvgIpc) is 2.95. The number of ketones is 1. The van der Waals surface area contributed by atoms with Crippen molar-refractivity contribution >= 4 is 47.6 Å². The molecule has 3 atom stereocenters. The number of hydrogen-bond acceptors (Lipinski definition) is 9. The maximum atomic E-state index is 13.0. The highest BCUT2D eigenvalue weighted by Gasteiger charge is 2.26. The van der Waals surface area contributed by atoms with Crippen molar-refractivity contribution < 1.29 is 43.0 Å². The molecule has 0 spiro atoms. The van der Waals surface area contributed by atoms with Crippen LogP contribution < -0.4 is 32.7 Å². The minimum atomic E-state index is -1.17. The molecule has 1 rings (SSSR count). The van der Waals surface area contributed by atoms with Gasteiger partial charge in [0.25, 0.3) is 0 Å². The number of ether oxygens (including phenoxy) is 2. The van der Waals surface area contributed by atoms with E-state index >= 15 is 0 Å². The van der Waals surface area contributed by atoms with E-state index < -0.39 is 59.9 Å². The molecule has 0 bridgehead atoms. The van der Waals surface area contributed by atoms with Crippen molar-refractivity contribution in [2.75, 3.05) is 11.9 Å². The summed E-state index contributed by atoms with van der Waals surface area (Å²) in [5.74, 6) is -2.44. The summed E-state index contributed by atoms with van der Waals surface area (Å²) < 4.78 is 10.3. The summed E-state index contributed by atoms with van der Waals surface area (Å²) in [4.78, 5) is 75.4. The molecule has 0 aliphatic heterocycles. The number of urea groups is 1. The van der Waals surface area contributed by atoms with E-state index in [1.54, 1.807) is 52.0 Å². The molecule has 16 nitrogen and oxygen atoms in total. The Morgan fingerprint density at radius 3 is 2.18 bits per heavy atom. The average molecular weight is 619 g/mol. The summed E-state index contributed by atoms with van der Waals surface area (Å²) in [5.41, 5.74) is 20.4. The molecule has 0 radical (unpaired) electrons. The van der Waals surface area contributed by atoms with Crippen LogP contribution in [-0.2, 0) is 35.3 Å². The van der Waals surface area contributed by atoms with Gasteiger partial charge in [0.05, 0.1) is 12.1 Å². The summed E-state index contributed by atoms with van der Waals surface area (Å²) in [7, 11) is 0. The number of nitrogens with two attached hydrogens (primary N) is 2. The van der Waals surface area contributed by atoms with Crippen molar-refractivity contribution in [2.24, 2.45) is 17.4 Å². The highest BCUT2D eigenvalue weighted by Crippen LogP contribution is 2.13. The van der Waals surface area contributed by atoms with Gasteiger partial charge in [-0.1, -0.05) is 26.0 Å². The van der Waals surface area contributed by atoms with Crippen LogP contribution in [0.15, 0.2) is 24.3 Å². The highest BCUT2D eigenvalue weighted by molar-refractivity contribution is 6.25. The fraction of sp³-hybridized carbons (Fsp3) is 0.536. The van der Waals surface area contributed by atoms with Crippen LogP contribution in [0.2, 0.25) is 0 Å². The van der Waals surface area contributed by atoms with Crippen LogP contribution in [0.25, 0.3) is 5.53 Å². The first-order valence-electron chi connectivity index (χ1n) is 14.1. The minimum Gasteiger partial charge on any atom is -0.461 e. The third-order valence-electron chi connectivity index (χ3n) is 6.02. The molecule has 1 aromatic rings. The molecule has 1 aromatic carbocycles. The largest absolute Gasteiger partial charge is 0.461 e. The van der Waals surface area contributed by atoms with Crippen LogP contribution >= 0.6 is 0 Å². The van der Waals surface area contributed by atoms with Crippen LogP contribution in [0.1, 0.15) is 58.9 Å². The van der Waals surface area contributed by atoms with Crippen LogP contribution in [0.3, 0.4) is 0 Å². The van der Waals surface area contributed by atoms with Crippen molar-refractivity contribution in [3.8, 4) is 0 Å². The molecule has 8 N–H and O–H groups in total. The van der Waals surface area contributed by atoms with Crippen LogP contribution in [-0.4, -0.2) is 77.5 Å². The lowest BCUT2D eigenvalue weighted by molar-refractivity contribution is -0.150. The standard InChI is InChI=1S/C28H42N8O8/c1-16(2)23(29)25(39)35-21(6-5-13-32-27(30)41)24(38)34-19-9-7-18(8-10-19)15-43-28(42)36-22(26(40)44-17(3)4)12-11-20(37)14-33-31/h7-10,14,16-17,21-23H,5-6,11-13,15,29H2,1-4H3,(H,34,38)(H,35,39)(H,36,42)(H3,30,32,41)/t21-,22-,23-/m0/s1. The number of benzene rings is 1. The summed E-state index contributed by atoms with van der Waals surface area (Å²) in [5, 5.41) is 10.2. The number of carbonyl (C=O) groups excluding carboxylic acids is 6. The lowest BCUT2D eigenvalue weighted by Crippen LogP contribution is -2.51. The van der Waals surface area contributed by atoms with Crippen molar-refractivity contribution in [3.05, 3.63) is 35.4 Å². The van der Waals surface area contributed by atoms with Crippen LogP contribution in [0.5, 0.6) is 0 Å². The maximum Gasteiger partial charge on any atom is 0.408 e. The van der Waals surface area contributed by atoms with E-state index in [0.717, 1.165) is 0 Å². The molecular formula is C28H42N8O8. The lowest BCUT2D eigenvalue weighted by Gasteiger charge is -2.22. The monoisotopic (exact) mass is 618 g/mol.